The molecule has 0 amide bonds. The first kappa shape index (κ1) is 19.7. The standard InChI is InChI=1S/C24H26N2O5/c27-22-20(23(28)31-24(30-22)11-5-2-6-12-24)17-19-9-10-21(29-19)26-15-13-25(14-16-26)18-7-3-1-4-8-18/h1,3-4,7-10,17H,2,5-6,11-16H2. The fraction of sp³-hybridized carbons (Fsp3) is 0.417. The van der Waals surface area contributed by atoms with Gasteiger partial charge in [0, 0.05) is 56.9 Å². The Morgan fingerprint density at radius 1 is 0.774 bits per heavy atom. The van der Waals surface area contributed by atoms with Crippen molar-refractivity contribution in [1.82, 2.24) is 0 Å². The lowest BCUT2D eigenvalue weighted by atomic mass is 9.93. The molecule has 2 aromatic rings. The molecule has 0 unspecified atom stereocenters. The van der Waals surface area contributed by atoms with Gasteiger partial charge in [0.15, 0.2) is 5.88 Å². The first-order valence-electron chi connectivity index (χ1n) is 11.0. The molecule has 0 atom stereocenters. The van der Waals surface area contributed by atoms with E-state index in [2.05, 4.69) is 21.9 Å². The Bertz CT molecular complexity index is 960. The van der Waals surface area contributed by atoms with Crippen molar-refractivity contribution >= 4 is 29.6 Å². The average molecular weight is 422 g/mol. The molecular weight excluding hydrogens is 396 g/mol. The van der Waals surface area contributed by atoms with E-state index in [0.717, 1.165) is 51.3 Å². The van der Waals surface area contributed by atoms with Crippen molar-refractivity contribution in [2.24, 2.45) is 0 Å². The zero-order chi connectivity index (χ0) is 21.3. The van der Waals surface area contributed by atoms with Gasteiger partial charge in [-0.1, -0.05) is 24.6 Å². The highest BCUT2D eigenvalue weighted by atomic mass is 16.7. The molecule has 3 aliphatic rings. The van der Waals surface area contributed by atoms with E-state index < -0.39 is 17.7 Å². The molecule has 1 spiro atoms. The predicted molar refractivity (Wildman–Crippen MR) is 116 cm³/mol. The number of carbonyl (C=O) groups excluding carboxylic acids is 2. The molecule has 2 aliphatic heterocycles. The number of para-hydroxylation sites is 1. The zero-order valence-electron chi connectivity index (χ0n) is 17.4. The third kappa shape index (κ3) is 4.04. The quantitative estimate of drug-likeness (QED) is 0.424. The molecular formula is C24H26N2O5. The molecule has 7 heteroatoms. The number of hydrogen-bond donors (Lipinski definition) is 0. The number of ether oxygens (including phenoxy) is 2. The van der Waals surface area contributed by atoms with Crippen LogP contribution in [0.2, 0.25) is 0 Å². The first-order valence-corrected chi connectivity index (χ1v) is 11.0. The lowest BCUT2D eigenvalue weighted by molar-refractivity contribution is -0.244. The number of rotatable bonds is 3. The minimum absolute atomic E-state index is 0.119. The third-order valence-electron chi connectivity index (χ3n) is 6.22. The Hall–Kier alpha value is -3.22. The summed E-state index contributed by atoms with van der Waals surface area (Å²) in [4.78, 5) is 29.5. The highest BCUT2D eigenvalue weighted by Gasteiger charge is 2.46. The van der Waals surface area contributed by atoms with E-state index in [-0.39, 0.29) is 5.57 Å². The molecule has 162 valence electrons. The largest absolute Gasteiger partial charge is 0.441 e. The summed E-state index contributed by atoms with van der Waals surface area (Å²) in [6.45, 7) is 3.43. The SMILES string of the molecule is O=C1OC2(CCCCC2)OC(=O)C1=Cc1ccc(N2CCN(c3ccccc3)CC2)o1. The summed E-state index contributed by atoms with van der Waals surface area (Å²) in [6.07, 6.45) is 5.39. The van der Waals surface area contributed by atoms with Gasteiger partial charge in [-0.05, 0) is 31.0 Å². The maximum absolute atomic E-state index is 12.5. The van der Waals surface area contributed by atoms with Crippen molar-refractivity contribution in [2.75, 3.05) is 36.0 Å². The number of piperazine rings is 1. The summed E-state index contributed by atoms with van der Waals surface area (Å²) in [5.41, 5.74) is 1.10. The van der Waals surface area contributed by atoms with Gasteiger partial charge in [0.2, 0.25) is 0 Å². The van der Waals surface area contributed by atoms with Crippen LogP contribution < -0.4 is 9.80 Å². The lowest BCUT2D eigenvalue weighted by Crippen LogP contribution is -2.47. The number of benzene rings is 1. The molecule has 1 saturated carbocycles. The Kier molecular flexibility index (Phi) is 5.18. The maximum atomic E-state index is 12.5. The van der Waals surface area contributed by atoms with E-state index in [0.29, 0.717) is 18.6 Å². The van der Waals surface area contributed by atoms with Gasteiger partial charge in [-0.2, -0.15) is 0 Å². The molecule has 0 radical (unpaired) electrons. The molecule has 3 fully saturated rings. The van der Waals surface area contributed by atoms with E-state index in [1.54, 1.807) is 6.07 Å². The lowest BCUT2D eigenvalue weighted by Gasteiger charge is -2.38. The normalized spacial score (nSPS) is 21.1. The van der Waals surface area contributed by atoms with Gasteiger partial charge in [0.25, 0.3) is 5.79 Å². The van der Waals surface area contributed by atoms with Crippen molar-refractivity contribution in [1.29, 1.82) is 0 Å². The van der Waals surface area contributed by atoms with Crippen LogP contribution in [-0.2, 0) is 19.1 Å². The number of esters is 2. The summed E-state index contributed by atoms with van der Waals surface area (Å²) < 4.78 is 17.0. The van der Waals surface area contributed by atoms with E-state index >= 15 is 0 Å². The van der Waals surface area contributed by atoms with Crippen LogP contribution in [0.25, 0.3) is 6.08 Å². The molecule has 3 heterocycles. The van der Waals surface area contributed by atoms with Crippen LogP contribution in [0.15, 0.2) is 52.5 Å². The maximum Gasteiger partial charge on any atom is 0.349 e. The molecule has 7 nitrogen and oxygen atoms in total. The second-order valence-electron chi connectivity index (χ2n) is 8.29. The zero-order valence-corrected chi connectivity index (χ0v) is 17.4. The second-order valence-corrected chi connectivity index (χ2v) is 8.29. The van der Waals surface area contributed by atoms with Crippen LogP contribution in [0.4, 0.5) is 11.6 Å². The van der Waals surface area contributed by atoms with Crippen molar-refractivity contribution in [2.45, 2.75) is 37.9 Å². The molecule has 1 aromatic heterocycles. The van der Waals surface area contributed by atoms with Gasteiger partial charge in [0.05, 0.1) is 0 Å². The molecule has 2 saturated heterocycles. The van der Waals surface area contributed by atoms with Crippen LogP contribution in [0.1, 0.15) is 37.9 Å². The van der Waals surface area contributed by atoms with Crippen LogP contribution in [0, 0.1) is 0 Å². The van der Waals surface area contributed by atoms with Gasteiger partial charge in [-0.25, -0.2) is 9.59 Å². The van der Waals surface area contributed by atoms with Crippen molar-refractivity contribution in [3.05, 3.63) is 53.8 Å². The van der Waals surface area contributed by atoms with Crippen LogP contribution in [-0.4, -0.2) is 43.9 Å². The molecule has 1 aliphatic carbocycles. The minimum Gasteiger partial charge on any atom is -0.441 e. The number of hydrogen-bond acceptors (Lipinski definition) is 7. The molecule has 0 bridgehead atoms. The Morgan fingerprint density at radius 3 is 2.10 bits per heavy atom. The second kappa shape index (κ2) is 8.13. The summed E-state index contributed by atoms with van der Waals surface area (Å²) >= 11 is 0. The van der Waals surface area contributed by atoms with Gasteiger partial charge in [-0.3, -0.25) is 0 Å². The van der Waals surface area contributed by atoms with Crippen LogP contribution in [0.3, 0.4) is 0 Å². The number of carbonyl (C=O) groups is 2. The van der Waals surface area contributed by atoms with Gasteiger partial charge in [-0.15, -0.1) is 0 Å². The first-order chi connectivity index (χ1) is 15.1. The fourth-order valence-corrected chi connectivity index (χ4v) is 4.52. The van der Waals surface area contributed by atoms with Crippen molar-refractivity contribution in [3.8, 4) is 0 Å². The van der Waals surface area contributed by atoms with Crippen molar-refractivity contribution in [3.63, 3.8) is 0 Å². The Morgan fingerprint density at radius 2 is 1.42 bits per heavy atom. The topological polar surface area (TPSA) is 72.2 Å². The van der Waals surface area contributed by atoms with E-state index in [1.807, 2.05) is 24.3 Å². The molecule has 5 rings (SSSR count). The highest BCUT2D eigenvalue weighted by Crippen LogP contribution is 2.37. The summed E-state index contributed by atoms with van der Waals surface area (Å²) in [7, 11) is 0. The predicted octanol–water partition coefficient (Wildman–Crippen LogP) is 3.75. The van der Waals surface area contributed by atoms with E-state index in [9.17, 15) is 9.59 Å². The highest BCUT2D eigenvalue weighted by molar-refractivity contribution is 6.18. The molecule has 0 N–H and O–H groups in total. The third-order valence-corrected chi connectivity index (χ3v) is 6.22. The average Bonchev–Trinajstić information content (AvgIpc) is 3.26. The smallest absolute Gasteiger partial charge is 0.349 e. The number of nitrogens with zero attached hydrogens (tertiary/aromatic N) is 2. The molecule has 1 aromatic carbocycles. The summed E-state index contributed by atoms with van der Waals surface area (Å²) in [5.74, 6) is -1.18. The minimum atomic E-state index is -1.07. The van der Waals surface area contributed by atoms with E-state index in [4.69, 9.17) is 13.9 Å². The van der Waals surface area contributed by atoms with Gasteiger partial charge < -0.3 is 23.7 Å². The Balaban J connectivity index is 1.24. The fourth-order valence-electron chi connectivity index (χ4n) is 4.52. The van der Waals surface area contributed by atoms with Gasteiger partial charge in [0.1, 0.15) is 11.3 Å². The monoisotopic (exact) mass is 422 g/mol. The van der Waals surface area contributed by atoms with Gasteiger partial charge >= 0.3 is 11.9 Å². The Labute approximate surface area is 181 Å². The van der Waals surface area contributed by atoms with E-state index in [1.165, 1.54) is 11.8 Å². The summed E-state index contributed by atoms with van der Waals surface area (Å²) in [5, 5.41) is 0. The number of furan rings is 1. The summed E-state index contributed by atoms with van der Waals surface area (Å²) in [6, 6.07) is 14.0. The number of anilines is 2. The molecule has 31 heavy (non-hydrogen) atoms. The van der Waals surface area contributed by atoms with Crippen molar-refractivity contribution < 1.29 is 23.5 Å². The van der Waals surface area contributed by atoms with Crippen LogP contribution in [0.5, 0.6) is 0 Å². The van der Waals surface area contributed by atoms with Crippen LogP contribution >= 0.6 is 0 Å².